The van der Waals surface area contributed by atoms with E-state index in [2.05, 4.69) is 35.8 Å². The van der Waals surface area contributed by atoms with E-state index in [4.69, 9.17) is 17.3 Å². The summed E-state index contributed by atoms with van der Waals surface area (Å²) in [6.07, 6.45) is 2.68. The number of aryl methyl sites for hydroxylation is 1. The minimum atomic E-state index is 0.306. The van der Waals surface area contributed by atoms with Crippen LogP contribution in [-0.4, -0.2) is 48.1 Å². The third-order valence-corrected chi connectivity index (χ3v) is 5.44. The number of hydrogen-bond donors (Lipinski definition) is 1. The summed E-state index contributed by atoms with van der Waals surface area (Å²) < 4.78 is 0. The molecule has 1 aromatic carbocycles. The molecule has 21 heavy (non-hydrogen) atoms. The molecule has 0 saturated carbocycles. The first-order chi connectivity index (χ1) is 10.1. The predicted octanol–water partition coefficient (Wildman–Crippen LogP) is 2.82. The summed E-state index contributed by atoms with van der Waals surface area (Å²) in [5.74, 6) is 0. The van der Waals surface area contributed by atoms with Gasteiger partial charge in [-0.1, -0.05) is 17.7 Å². The molecule has 2 heterocycles. The van der Waals surface area contributed by atoms with E-state index >= 15 is 0 Å². The molecule has 2 N–H and O–H groups in total. The van der Waals surface area contributed by atoms with E-state index in [0.717, 1.165) is 17.6 Å². The summed E-state index contributed by atoms with van der Waals surface area (Å²) in [6.45, 7) is 8.73. The number of nitrogens with zero attached hydrogens (tertiary/aromatic N) is 2. The number of fused-ring (bicyclic) bond motifs is 1. The first kappa shape index (κ1) is 15.3. The van der Waals surface area contributed by atoms with Gasteiger partial charge in [-0.05, 0) is 56.5 Å². The lowest BCUT2D eigenvalue weighted by molar-refractivity contribution is 0.0294. The minimum Gasteiger partial charge on any atom is -0.329 e. The minimum absolute atomic E-state index is 0.306. The molecule has 2 fully saturated rings. The Morgan fingerprint density at radius 3 is 2.90 bits per heavy atom. The molecule has 1 aromatic rings. The molecule has 0 radical (unpaired) electrons. The van der Waals surface area contributed by atoms with E-state index in [1.54, 1.807) is 0 Å². The molecule has 3 atom stereocenters. The van der Waals surface area contributed by atoms with Gasteiger partial charge in [-0.15, -0.1) is 0 Å². The van der Waals surface area contributed by atoms with E-state index < -0.39 is 0 Å². The Morgan fingerprint density at radius 2 is 2.19 bits per heavy atom. The van der Waals surface area contributed by atoms with Gasteiger partial charge < -0.3 is 5.73 Å². The standard InChI is InChI=1S/C17H26ClN3/c1-12-8-14(18)5-6-16(12)17(9-19)21-11-15-4-3-7-20(15)10-13(21)2/h5-6,8,13,15,17H,3-4,7,9-11,19H2,1-2H3. The Hall–Kier alpha value is -0.610. The Balaban J connectivity index is 1.85. The molecule has 2 saturated heterocycles. The van der Waals surface area contributed by atoms with Crippen molar-refractivity contribution in [1.82, 2.24) is 9.80 Å². The van der Waals surface area contributed by atoms with Crippen molar-refractivity contribution in [2.24, 2.45) is 5.73 Å². The first-order valence-electron chi connectivity index (χ1n) is 8.06. The summed E-state index contributed by atoms with van der Waals surface area (Å²) >= 11 is 6.10. The molecule has 0 spiro atoms. The normalized spacial score (nSPS) is 28.6. The molecule has 116 valence electrons. The van der Waals surface area contributed by atoms with E-state index in [-0.39, 0.29) is 0 Å². The van der Waals surface area contributed by atoms with Crippen molar-refractivity contribution in [1.29, 1.82) is 0 Å². The Kier molecular flexibility index (Phi) is 4.55. The van der Waals surface area contributed by atoms with Crippen LogP contribution < -0.4 is 5.73 Å². The predicted molar refractivity (Wildman–Crippen MR) is 88.7 cm³/mol. The van der Waals surface area contributed by atoms with Gasteiger partial charge in [0, 0.05) is 42.8 Å². The Morgan fingerprint density at radius 1 is 1.38 bits per heavy atom. The molecule has 3 nitrogen and oxygen atoms in total. The lowest BCUT2D eigenvalue weighted by Crippen LogP contribution is -2.56. The number of nitrogens with two attached hydrogens (primary N) is 1. The van der Waals surface area contributed by atoms with Crippen LogP contribution in [0, 0.1) is 6.92 Å². The van der Waals surface area contributed by atoms with Crippen LogP contribution >= 0.6 is 11.6 Å². The molecule has 0 amide bonds. The summed E-state index contributed by atoms with van der Waals surface area (Å²) in [5.41, 5.74) is 8.74. The maximum Gasteiger partial charge on any atom is 0.0477 e. The van der Waals surface area contributed by atoms with Gasteiger partial charge in [0.25, 0.3) is 0 Å². The number of piperazine rings is 1. The smallest absolute Gasteiger partial charge is 0.0477 e. The van der Waals surface area contributed by atoms with Crippen molar-refractivity contribution in [3.63, 3.8) is 0 Å². The van der Waals surface area contributed by atoms with Crippen molar-refractivity contribution in [2.45, 2.75) is 44.8 Å². The fraction of sp³-hybridized carbons (Fsp3) is 0.647. The highest BCUT2D eigenvalue weighted by atomic mass is 35.5. The van der Waals surface area contributed by atoms with E-state index in [1.165, 1.54) is 37.1 Å². The lowest BCUT2D eigenvalue weighted by Gasteiger charge is -2.46. The number of halogens is 1. The van der Waals surface area contributed by atoms with Crippen molar-refractivity contribution < 1.29 is 0 Å². The molecule has 0 aromatic heterocycles. The molecule has 2 aliphatic rings. The van der Waals surface area contributed by atoms with Crippen LogP contribution in [0.2, 0.25) is 5.02 Å². The van der Waals surface area contributed by atoms with Crippen molar-refractivity contribution >= 4 is 11.6 Å². The van der Waals surface area contributed by atoms with Crippen LogP contribution in [0.5, 0.6) is 0 Å². The maximum atomic E-state index is 6.15. The van der Waals surface area contributed by atoms with Gasteiger partial charge in [0.2, 0.25) is 0 Å². The molecule has 3 unspecified atom stereocenters. The van der Waals surface area contributed by atoms with Crippen molar-refractivity contribution in [3.8, 4) is 0 Å². The zero-order chi connectivity index (χ0) is 15.0. The van der Waals surface area contributed by atoms with Crippen LogP contribution in [0.3, 0.4) is 0 Å². The summed E-state index contributed by atoms with van der Waals surface area (Å²) in [4.78, 5) is 5.27. The molecule has 0 bridgehead atoms. The van der Waals surface area contributed by atoms with E-state index in [1.807, 2.05) is 6.07 Å². The monoisotopic (exact) mass is 307 g/mol. The fourth-order valence-electron chi connectivity index (χ4n) is 4.10. The summed E-state index contributed by atoms with van der Waals surface area (Å²) in [5, 5.41) is 0.806. The van der Waals surface area contributed by atoms with Gasteiger partial charge in [-0.25, -0.2) is 0 Å². The number of rotatable bonds is 3. The maximum absolute atomic E-state index is 6.15. The molecular weight excluding hydrogens is 282 g/mol. The van der Waals surface area contributed by atoms with Crippen LogP contribution in [0.15, 0.2) is 18.2 Å². The van der Waals surface area contributed by atoms with Crippen LogP contribution in [0.4, 0.5) is 0 Å². The SMILES string of the molecule is Cc1cc(Cl)ccc1C(CN)N1CC2CCCN2CC1C. The van der Waals surface area contributed by atoms with Gasteiger partial charge in [-0.2, -0.15) is 0 Å². The van der Waals surface area contributed by atoms with Crippen LogP contribution in [0.25, 0.3) is 0 Å². The second-order valence-corrected chi connectivity index (χ2v) is 7.03. The second-order valence-electron chi connectivity index (χ2n) is 6.59. The van der Waals surface area contributed by atoms with Gasteiger partial charge in [0.1, 0.15) is 0 Å². The highest BCUT2D eigenvalue weighted by Crippen LogP contribution is 2.32. The van der Waals surface area contributed by atoms with Gasteiger partial charge >= 0.3 is 0 Å². The van der Waals surface area contributed by atoms with Crippen molar-refractivity contribution in [2.75, 3.05) is 26.2 Å². The zero-order valence-electron chi connectivity index (χ0n) is 13.1. The molecule has 2 aliphatic heterocycles. The van der Waals surface area contributed by atoms with E-state index in [9.17, 15) is 0 Å². The molecule has 0 aliphatic carbocycles. The highest BCUT2D eigenvalue weighted by Gasteiger charge is 2.37. The third-order valence-electron chi connectivity index (χ3n) is 5.20. The lowest BCUT2D eigenvalue weighted by atomic mass is 9.96. The quantitative estimate of drug-likeness (QED) is 0.932. The zero-order valence-corrected chi connectivity index (χ0v) is 13.8. The van der Waals surface area contributed by atoms with Gasteiger partial charge in [0.05, 0.1) is 0 Å². The second kappa shape index (κ2) is 6.25. The average Bonchev–Trinajstić information content (AvgIpc) is 2.89. The largest absolute Gasteiger partial charge is 0.329 e. The van der Waals surface area contributed by atoms with E-state index in [0.29, 0.717) is 18.6 Å². The van der Waals surface area contributed by atoms with Crippen molar-refractivity contribution in [3.05, 3.63) is 34.3 Å². The number of benzene rings is 1. The van der Waals surface area contributed by atoms with Crippen LogP contribution in [0.1, 0.15) is 36.9 Å². The molecule has 4 heteroatoms. The third kappa shape index (κ3) is 2.98. The Bertz CT molecular complexity index is 505. The Labute approximate surface area is 133 Å². The first-order valence-corrected chi connectivity index (χ1v) is 8.44. The average molecular weight is 308 g/mol. The topological polar surface area (TPSA) is 32.5 Å². The van der Waals surface area contributed by atoms with Crippen LogP contribution in [-0.2, 0) is 0 Å². The fourth-order valence-corrected chi connectivity index (χ4v) is 4.32. The summed E-state index contributed by atoms with van der Waals surface area (Å²) in [6, 6.07) is 7.79. The molecule has 3 rings (SSSR count). The van der Waals surface area contributed by atoms with Gasteiger partial charge in [-0.3, -0.25) is 9.80 Å². The highest BCUT2D eigenvalue weighted by molar-refractivity contribution is 6.30. The molecular formula is C17H26ClN3. The number of hydrogen-bond acceptors (Lipinski definition) is 3. The van der Waals surface area contributed by atoms with Gasteiger partial charge in [0.15, 0.2) is 0 Å². The summed E-state index contributed by atoms with van der Waals surface area (Å²) in [7, 11) is 0.